The number of hydrogen-bond donors (Lipinski definition) is 2. The lowest BCUT2D eigenvalue weighted by Crippen LogP contribution is -2.10. The predicted molar refractivity (Wildman–Crippen MR) is 51.0 cm³/mol. The van der Waals surface area contributed by atoms with Crippen molar-refractivity contribution in [3.05, 3.63) is 36.0 Å². The van der Waals surface area contributed by atoms with Gasteiger partial charge in [-0.1, -0.05) is 18.2 Å². The molecule has 0 aliphatic rings. The summed E-state index contributed by atoms with van der Waals surface area (Å²) in [5.41, 5.74) is 0.677. The van der Waals surface area contributed by atoms with E-state index in [2.05, 4.69) is 5.32 Å². The fourth-order valence-electron chi connectivity index (χ4n) is 0.877. The Balaban J connectivity index is 2.68. The molecular formula is C10H11NO2. The van der Waals surface area contributed by atoms with Gasteiger partial charge >= 0.3 is 0 Å². The number of benzene rings is 1. The Hall–Kier alpha value is -1.77. The summed E-state index contributed by atoms with van der Waals surface area (Å²) < 4.78 is 0. The van der Waals surface area contributed by atoms with Gasteiger partial charge in [-0.25, -0.2) is 0 Å². The summed E-state index contributed by atoms with van der Waals surface area (Å²) in [5, 5.41) is 11.8. The van der Waals surface area contributed by atoms with Crippen LogP contribution in [0.15, 0.2) is 30.5 Å². The Kier molecular flexibility index (Phi) is 3.09. The maximum absolute atomic E-state index is 10.5. The number of para-hydroxylation sites is 1. The molecule has 3 heteroatoms. The zero-order chi connectivity index (χ0) is 9.68. The van der Waals surface area contributed by atoms with Crippen molar-refractivity contribution >= 4 is 12.0 Å². The first-order chi connectivity index (χ1) is 6.20. The number of aromatic hydroxyl groups is 1. The zero-order valence-electron chi connectivity index (χ0n) is 7.32. The third-order valence-electron chi connectivity index (χ3n) is 1.49. The normalized spacial score (nSPS) is 10.2. The standard InChI is InChI=1S/C10H11NO2/c1-8(12)11-7-6-9-4-2-3-5-10(9)13/h2-7,13H,1H3,(H,11,12)/b7-6+. The summed E-state index contributed by atoms with van der Waals surface area (Å²) in [6, 6.07) is 6.90. The largest absolute Gasteiger partial charge is 0.507 e. The number of phenols is 1. The fourth-order valence-corrected chi connectivity index (χ4v) is 0.877. The highest BCUT2D eigenvalue weighted by Gasteiger charge is 1.92. The van der Waals surface area contributed by atoms with Crippen molar-refractivity contribution in [2.45, 2.75) is 6.92 Å². The minimum Gasteiger partial charge on any atom is -0.507 e. The smallest absolute Gasteiger partial charge is 0.220 e. The average Bonchev–Trinajstić information content (AvgIpc) is 2.08. The van der Waals surface area contributed by atoms with Gasteiger partial charge in [-0.05, 0) is 12.1 Å². The van der Waals surface area contributed by atoms with Crippen LogP contribution in [0.1, 0.15) is 12.5 Å². The third kappa shape index (κ3) is 2.99. The van der Waals surface area contributed by atoms with Crippen molar-refractivity contribution in [1.29, 1.82) is 0 Å². The highest BCUT2D eigenvalue weighted by atomic mass is 16.3. The number of phenolic OH excluding ortho intramolecular Hbond substituents is 1. The van der Waals surface area contributed by atoms with Crippen molar-refractivity contribution in [2.24, 2.45) is 0 Å². The molecule has 0 atom stereocenters. The van der Waals surface area contributed by atoms with Crippen LogP contribution in [0.3, 0.4) is 0 Å². The molecule has 0 aromatic heterocycles. The van der Waals surface area contributed by atoms with E-state index in [1.54, 1.807) is 24.3 Å². The molecule has 1 amide bonds. The molecule has 0 saturated heterocycles. The van der Waals surface area contributed by atoms with E-state index in [0.29, 0.717) is 5.56 Å². The van der Waals surface area contributed by atoms with Gasteiger partial charge in [0.25, 0.3) is 0 Å². The van der Waals surface area contributed by atoms with Gasteiger partial charge < -0.3 is 10.4 Å². The first-order valence-corrected chi connectivity index (χ1v) is 3.92. The molecule has 3 nitrogen and oxygen atoms in total. The molecule has 0 heterocycles. The maximum Gasteiger partial charge on any atom is 0.220 e. The second-order valence-corrected chi connectivity index (χ2v) is 2.59. The summed E-state index contributed by atoms with van der Waals surface area (Å²) in [6.45, 7) is 1.43. The molecule has 2 N–H and O–H groups in total. The predicted octanol–water partition coefficient (Wildman–Crippen LogP) is 1.50. The highest BCUT2D eigenvalue weighted by Crippen LogP contribution is 2.16. The molecule has 1 rings (SSSR count). The quantitative estimate of drug-likeness (QED) is 0.719. The van der Waals surface area contributed by atoms with Crippen LogP contribution in [0.5, 0.6) is 5.75 Å². The number of rotatable bonds is 2. The molecule has 0 fully saturated rings. The van der Waals surface area contributed by atoms with Crippen LogP contribution in [0.2, 0.25) is 0 Å². The number of nitrogens with one attached hydrogen (secondary N) is 1. The van der Waals surface area contributed by atoms with Crippen LogP contribution >= 0.6 is 0 Å². The van der Waals surface area contributed by atoms with Gasteiger partial charge in [-0.15, -0.1) is 0 Å². The van der Waals surface area contributed by atoms with Crippen LogP contribution in [-0.4, -0.2) is 11.0 Å². The molecule has 0 radical (unpaired) electrons. The van der Waals surface area contributed by atoms with Crippen molar-refractivity contribution < 1.29 is 9.90 Å². The summed E-state index contributed by atoms with van der Waals surface area (Å²) in [6.07, 6.45) is 3.13. The number of hydrogen-bond acceptors (Lipinski definition) is 2. The van der Waals surface area contributed by atoms with E-state index in [-0.39, 0.29) is 11.7 Å². The second-order valence-electron chi connectivity index (χ2n) is 2.59. The number of carbonyl (C=O) groups is 1. The first-order valence-electron chi connectivity index (χ1n) is 3.92. The molecule has 68 valence electrons. The second kappa shape index (κ2) is 4.30. The number of carbonyl (C=O) groups excluding carboxylic acids is 1. The molecule has 1 aromatic rings. The van der Waals surface area contributed by atoms with Gasteiger partial charge in [0, 0.05) is 18.7 Å². The molecule has 1 aromatic carbocycles. The van der Waals surface area contributed by atoms with E-state index in [4.69, 9.17) is 0 Å². The van der Waals surface area contributed by atoms with Gasteiger partial charge in [0.05, 0.1) is 0 Å². The summed E-state index contributed by atoms with van der Waals surface area (Å²) >= 11 is 0. The van der Waals surface area contributed by atoms with E-state index >= 15 is 0 Å². The summed E-state index contributed by atoms with van der Waals surface area (Å²) in [5.74, 6) is 0.0655. The molecule has 0 bridgehead atoms. The van der Waals surface area contributed by atoms with Crippen molar-refractivity contribution in [2.75, 3.05) is 0 Å². The summed E-state index contributed by atoms with van der Waals surface area (Å²) in [4.78, 5) is 10.5. The Labute approximate surface area is 76.7 Å². The van der Waals surface area contributed by atoms with Gasteiger partial charge in [-0.3, -0.25) is 4.79 Å². The molecule has 0 aliphatic heterocycles. The minimum absolute atomic E-state index is 0.133. The third-order valence-corrected chi connectivity index (χ3v) is 1.49. The fraction of sp³-hybridized carbons (Fsp3) is 0.100. The topological polar surface area (TPSA) is 49.3 Å². The maximum atomic E-state index is 10.5. The monoisotopic (exact) mass is 177 g/mol. The lowest BCUT2D eigenvalue weighted by molar-refractivity contribution is -0.118. The van der Waals surface area contributed by atoms with E-state index in [0.717, 1.165) is 0 Å². The first kappa shape index (κ1) is 9.32. The zero-order valence-corrected chi connectivity index (χ0v) is 7.32. The molecule has 0 saturated carbocycles. The molecule has 0 spiro atoms. The average molecular weight is 177 g/mol. The van der Waals surface area contributed by atoms with Gasteiger partial charge in [0.2, 0.25) is 5.91 Å². The lowest BCUT2D eigenvalue weighted by Gasteiger charge is -1.97. The van der Waals surface area contributed by atoms with E-state index < -0.39 is 0 Å². The van der Waals surface area contributed by atoms with E-state index in [1.807, 2.05) is 6.07 Å². The van der Waals surface area contributed by atoms with Crippen LogP contribution in [0.25, 0.3) is 6.08 Å². The van der Waals surface area contributed by atoms with Crippen molar-refractivity contribution in [1.82, 2.24) is 5.32 Å². The van der Waals surface area contributed by atoms with Crippen LogP contribution in [-0.2, 0) is 4.79 Å². The molecule has 0 unspecified atom stereocenters. The van der Waals surface area contributed by atoms with Gasteiger partial charge in [0.15, 0.2) is 0 Å². The minimum atomic E-state index is -0.133. The molecular weight excluding hydrogens is 166 g/mol. The summed E-state index contributed by atoms with van der Waals surface area (Å²) in [7, 11) is 0. The van der Waals surface area contributed by atoms with Crippen LogP contribution in [0.4, 0.5) is 0 Å². The Morgan fingerprint density at radius 2 is 2.15 bits per heavy atom. The Morgan fingerprint density at radius 1 is 1.46 bits per heavy atom. The van der Waals surface area contributed by atoms with Crippen LogP contribution < -0.4 is 5.32 Å². The van der Waals surface area contributed by atoms with Crippen LogP contribution in [0, 0.1) is 0 Å². The molecule has 13 heavy (non-hydrogen) atoms. The van der Waals surface area contributed by atoms with Crippen molar-refractivity contribution in [3.8, 4) is 5.75 Å². The number of amides is 1. The molecule has 0 aliphatic carbocycles. The van der Waals surface area contributed by atoms with Gasteiger partial charge in [0.1, 0.15) is 5.75 Å². The SMILES string of the molecule is CC(=O)N/C=C/c1ccccc1O. The van der Waals surface area contributed by atoms with Crippen molar-refractivity contribution in [3.63, 3.8) is 0 Å². The lowest BCUT2D eigenvalue weighted by atomic mass is 10.2. The Morgan fingerprint density at radius 3 is 2.77 bits per heavy atom. The van der Waals surface area contributed by atoms with E-state index in [9.17, 15) is 9.90 Å². The van der Waals surface area contributed by atoms with Gasteiger partial charge in [-0.2, -0.15) is 0 Å². The van der Waals surface area contributed by atoms with E-state index in [1.165, 1.54) is 13.1 Å². The highest BCUT2D eigenvalue weighted by molar-refractivity contribution is 5.75. The Bertz CT molecular complexity index is 331.